The molecular formula is C14H17BrN2O. The van der Waals surface area contributed by atoms with Crippen LogP contribution in [0.15, 0.2) is 39.5 Å². The van der Waals surface area contributed by atoms with Crippen LogP contribution in [0.2, 0.25) is 0 Å². The maximum Gasteiger partial charge on any atom is 0.171 e. The van der Waals surface area contributed by atoms with E-state index in [0.29, 0.717) is 5.92 Å². The Labute approximate surface area is 116 Å². The smallest absolute Gasteiger partial charge is 0.171 e. The summed E-state index contributed by atoms with van der Waals surface area (Å²) in [6, 6.07) is 8.05. The summed E-state index contributed by atoms with van der Waals surface area (Å²) in [5.74, 6) is 1.48. The molecule has 2 aromatic rings. The number of nitrogens with one attached hydrogen (secondary N) is 1. The van der Waals surface area contributed by atoms with Gasteiger partial charge in [0.15, 0.2) is 5.76 Å². The van der Waals surface area contributed by atoms with E-state index in [1.807, 2.05) is 24.3 Å². The lowest BCUT2D eigenvalue weighted by molar-refractivity contribution is 0.431. The lowest BCUT2D eigenvalue weighted by Crippen LogP contribution is -2.18. The molecule has 0 aliphatic heterocycles. The van der Waals surface area contributed by atoms with Crippen molar-refractivity contribution in [3.63, 3.8) is 0 Å². The van der Waals surface area contributed by atoms with Crippen LogP contribution in [0.3, 0.4) is 0 Å². The summed E-state index contributed by atoms with van der Waals surface area (Å²) >= 11 is 3.47. The van der Waals surface area contributed by atoms with Gasteiger partial charge in [-0.25, -0.2) is 0 Å². The molecule has 2 rings (SSSR count). The van der Waals surface area contributed by atoms with Crippen LogP contribution < -0.4 is 5.32 Å². The van der Waals surface area contributed by atoms with E-state index in [4.69, 9.17) is 4.52 Å². The summed E-state index contributed by atoms with van der Waals surface area (Å²) in [6.45, 7) is 6.15. The second kappa shape index (κ2) is 6.16. The van der Waals surface area contributed by atoms with E-state index in [1.165, 1.54) is 0 Å². The fourth-order valence-electron chi connectivity index (χ4n) is 1.75. The van der Waals surface area contributed by atoms with Gasteiger partial charge in [0.05, 0.1) is 6.20 Å². The van der Waals surface area contributed by atoms with Gasteiger partial charge in [0.1, 0.15) is 0 Å². The molecule has 0 radical (unpaired) electrons. The Morgan fingerprint density at radius 2 is 2.22 bits per heavy atom. The molecule has 0 saturated carbocycles. The van der Waals surface area contributed by atoms with E-state index in [1.54, 1.807) is 6.20 Å². The summed E-state index contributed by atoms with van der Waals surface area (Å²) in [7, 11) is 0. The average Bonchev–Trinajstić information content (AvgIpc) is 2.77. The molecule has 0 bridgehead atoms. The molecular weight excluding hydrogens is 292 g/mol. The van der Waals surface area contributed by atoms with Crippen LogP contribution in [-0.2, 0) is 6.54 Å². The van der Waals surface area contributed by atoms with E-state index in [9.17, 15) is 0 Å². The molecule has 0 saturated heterocycles. The van der Waals surface area contributed by atoms with Crippen LogP contribution in [0.25, 0.3) is 11.3 Å². The molecule has 0 unspecified atom stereocenters. The summed E-state index contributed by atoms with van der Waals surface area (Å²) in [5.41, 5.74) is 2.14. The van der Waals surface area contributed by atoms with Crippen molar-refractivity contribution >= 4 is 15.9 Å². The van der Waals surface area contributed by atoms with Gasteiger partial charge in [0.25, 0.3) is 0 Å². The topological polar surface area (TPSA) is 38.1 Å². The van der Waals surface area contributed by atoms with Gasteiger partial charge in [-0.05, 0) is 24.6 Å². The molecule has 0 atom stereocenters. The normalized spacial score (nSPS) is 11.1. The highest BCUT2D eigenvalue weighted by Gasteiger charge is 2.10. The second-order valence-corrected chi connectivity index (χ2v) is 5.63. The van der Waals surface area contributed by atoms with E-state index in [2.05, 4.69) is 40.3 Å². The first-order valence-corrected chi connectivity index (χ1v) is 6.86. The Morgan fingerprint density at radius 3 is 2.94 bits per heavy atom. The molecule has 1 heterocycles. The van der Waals surface area contributed by atoms with Crippen molar-refractivity contribution in [1.29, 1.82) is 0 Å². The third kappa shape index (κ3) is 3.43. The third-order valence-corrected chi connectivity index (χ3v) is 3.09. The first kappa shape index (κ1) is 13.3. The monoisotopic (exact) mass is 308 g/mol. The van der Waals surface area contributed by atoms with Crippen LogP contribution in [0.1, 0.15) is 19.4 Å². The summed E-state index contributed by atoms with van der Waals surface area (Å²) in [5, 5.41) is 7.30. The highest BCUT2D eigenvalue weighted by molar-refractivity contribution is 9.10. The Morgan fingerprint density at radius 1 is 1.39 bits per heavy atom. The van der Waals surface area contributed by atoms with Crippen LogP contribution >= 0.6 is 15.9 Å². The van der Waals surface area contributed by atoms with Crippen molar-refractivity contribution in [2.45, 2.75) is 20.4 Å². The zero-order valence-electron chi connectivity index (χ0n) is 10.6. The summed E-state index contributed by atoms with van der Waals surface area (Å²) in [6.07, 6.45) is 1.78. The molecule has 0 aliphatic carbocycles. The van der Waals surface area contributed by atoms with Crippen LogP contribution in [0.5, 0.6) is 0 Å². The second-order valence-electron chi connectivity index (χ2n) is 4.72. The van der Waals surface area contributed by atoms with Crippen LogP contribution in [0.4, 0.5) is 0 Å². The highest BCUT2D eigenvalue weighted by Crippen LogP contribution is 2.26. The fourth-order valence-corrected chi connectivity index (χ4v) is 2.15. The minimum Gasteiger partial charge on any atom is -0.356 e. The summed E-state index contributed by atoms with van der Waals surface area (Å²) in [4.78, 5) is 0. The number of aromatic nitrogens is 1. The molecule has 18 heavy (non-hydrogen) atoms. The van der Waals surface area contributed by atoms with Crippen molar-refractivity contribution in [3.8, 4) is 11.3 Å². The molecule has 1 N–H and O–H groups in total. The molecule has 96 valence electrons. The van der Waals surface area contributed by atoms with Crippen molar-refractivity contribution in [3.05, 3.63) is 40.5 Å². The zero-order chi connectivity index (χ0) is 13.0. The van der Waals surface area contributed by atoms with Gasteiger partial charge in [-0.2, -0.15) is 0 Å². The Balaban J connectivity index is 2.12. The van der Waals surface area contributed by atoms with E-state index >= 15 is 0 Å². The highest BCUT2D eigenvalue weighted by atomic mass is 79.9. The average molecular weight is 309 g/mol. The standard InChI is InChI=1S/C14H17BrN2O/c1-10(2)7-16-8-12-9-17-18-14(12)11-4-3-5-13(15)6-11/h3-6,9-10,16H,7-8H2,1-2H3. The quantitative estimate of drug-likeness (QED) is 0.911. The van der Waals surface area contributed by atoms with Crippen molar-refractivity contribution < 1.29 is 4.52 Å². The minimum absolute atomic E-state index is 0.638. The van der Waals surface area contributed by atoms with Crippen molar-refractivity contribution in [2.75, 3.05) is 6.54 Å². The van der Waals surface area contributed by atoms with Crippen LogP contribution in [0, 0.1) is 5.92 Å². The van der Waals surface area contributed by atoms with Gasteiger partial charge in [0, 0.05) is 22.1 Å². The molecule has 3 nitrogen and oxygen atoms in total. The molecule has 0 amide bonds. The van der Waals surface area contributed by atoms with Gasteiger partial charge in [-0.3, -0.25) is 0 Å². The SMILES string of the molecule is CC(C)CNCc1cnoc1-c1cccc(Br)c1. The summed E-state index contributed by atoms with van der Waals surface area (Å²) < 4.78 is 6.39. The molecule has 0 aliphatic rings. The largest absolute Gasteiger partial charge is 0.356 e. The minimum atomic E-state index is 0.638. The lowest BCUT2D eigenvalue weighted by Gasteiger charge is -2.06. The number of nitrogens with zero attached hydrogens (tertiary/aromatic N) is 1. The number of rotatable bonds is 5. The van der Waals surface area contributed by atoms with E-state index in [0.717, 1.165) is 34.4 Å². The molecule has 0 spiro atoms. The number of hydrogen-bond acceptors (Lipinski definition) is 3. The fraction of sp³-hybridized carbons (Fsp3) is 0.357. The van der Waals surface area contributed by atoms with E-state index < -0.39 is 0 Å². The van der Waals surface area contributed by atoms with Gasteiger partial charge in [-0.15, -0.1) is 0 Å². The molecule has 0 fully saturated rings. The number of halogens is 1. The zero-order valence-corrected chi connectivity index (χ0v) is 12.2. The van der Waals surface area contributed by atoms with Crippen molar-refractivity contribution in [2.24, 2.45) is 5.92 Å². The van der Waals surface area contributed by atoms with Gasteiger partial charge in [-0.1, -0.05) is 47.1 Å². The number of benzene rings is 1. The Kier molecular flexibility index (Phi) is 4.55. The van der Waals surface area contributed by atoms with Crippen LogP contribution in [-0.4, -0.2) is 11.7 Å². The van der Waals surface area contributed by atoms with Gasteiger partial charge < -0.3 is 9.84 Å². The third-order valence-electron chi connectivity index (χ3n) is 2.60. The maximum atomic E-state index is 5.35. The molecule has 1 aromatic carbocycles. The Hall–Kier alpha value is -1.13. The first-order chi connectivity index (χ1) is 8.66. The lowest BCUT2D eigenvalue weighted by atomic mass is 10.1. The Bertz CT molecular complexity index is 508. The van der Waals surface area contributed by atoms with Gasteiger partial charge in [0.2, 0.25) is 0 Å². The number of hydrogen-bond donors (Lipinski definition) is 1. The van der Waals surface area contributed by atoms with E-state index in [-0.39, 0.29) is 0 Å². The predicted octanol–water partition coefficient (Wildman–Crippen LogP) is 3.85. The molecule has 4 heteroatoms. The van der Waals surface area contributed by atoms with Crippen molar-refractivity contribution in [1.82, 2.24) is 10.5 Å². The predicted molar refractivity (Wildman–Crippen MR) is 76.2 cm³/mol. The first-order valence-electron chi connectivity index (χ1n) is 6.07. The van der Waals surface area contributed by atoms with Gasteiger partial charge >= 0.3 is 0 Å². The molecule has 1 aromatic heterocycles. The maximum absolute atomic E-state index is 5.35.